The molecule has 102 valence electrons. The topological polar surface area (TPSA) is 55.1 Å². The fourth-order valence-electron chi connectivity index (χ4n) is 5.41. The summed E-state index contributed by atoms with van der Waals surface area (Å²) >= 11 is 0. The second-order valence-corrected chi connectivity index (χ2v) is 6.80. The zero-order valence-corrected chi connectivity index (χ0v) is 11.0. The van der Waals surface area contributed by atoms with Crippen LogP contribution in [0.3, 0.4) is 0 Å². The summed E-state index contributed by atoms with van der Waals surface area (Å²) in [6, 6.07) is -0.405. The van der Waals surface area contributed by atoms with Crippen molar-refractivity contribution < 1.29 is 9.90 Å². The number of imidazole rings is 1. The number of hydrogen-bond donors (Lipinski definition) is 1. The molecule has 1 aromatic rings. The van der Waals surface area contributed by atoms with Gasteiger partial charge in [-0.05, 0) is 61.7 Å². The molecule has 4 aliphatic carbocycles. The molecular formula is C15H20N2O2. The van der Waals surface area contributed by atoms with Crippen molar-refractivity contribution in [3.8, 4) is 0 Å². The standard InChI is InChI=1S/C15H20N2O2/c18-15(19)14(17-2-1-16-8-17)13-11-4-9-3-10(6-11)7-12(13)5-9/h1-2,8-14H,3-7H2,(H,18,19). The number of aromatic nitrogens is 2. The molecule has 1 aromatic heterocycles. The van der Waals surface area contributed by atoms with Crippen molar-refractivity contribution in [2.24, 2.45) is 29.6 Å². The normalized spacial score (nSPS) is 41.4. The molecule has 5 rings (SSSR count). The number of nitrogens with zero attached hydrogens (tertiary/aromatic N) is 2. The maximum absolute atomic E-state index is 11.8. The first-order chi connectivity index (χ1) is 9.22. The van der Waals surface area contributed by atoms with E-state index in [9.17, 15) is 9.90 Å². The predicted octanol–water partition coefficient (Wildman–Crippen LogP) is 2.58. The van der Waals surface area contributed by atoms with Gasteiger partial charge in [0.25, 0.3) is 0 Å². The van der Waals surface area contributed by atoms with E-state index < -0.39 is 12.0 Å². The van der Waals surface area contributed by atoms with Gasteiger partial charge >= 0.3 is 5.97 Å². The van der Waals surface area contributed by atoms with Gasteiger partial charge in [0.15, 0.2) is 0 Å². The van der Waals surface area contributed by atoms with Crippen LogP contribution in [0.5, 0.6) is 0 Å². The average Bonchev–Trinajstić information content (AvgIpc) is 2.85. The van der Waals surface area contributed by atoms with E-state index in [-0.39, 0.29) is 0 Å². The SMILES string of the molecule is O=C(O)C(C1C2CC3CC(C2)CC1C3)n1ccnc1. The van der Waals surface area contributed by atoms with Gasteiger partial charge in [0.2, 0.25) is 0 Å². The lowest BCUT2D eigenvalue weighted by Gasteiger charge is -2.55. The Morgan fingerprint density at radius 1 is 1.16 bits per heavy atom. The lowest BCUT2D eigenvalue weighted by atomic mass is 9.50. The number of carboxylic acids is 1. The minimum Gasteiger partial charge on any atom is -0.480 e. The highest BCUT2D eigenvalue weighted by Crippen LogP contribution is 2.59. The zero-order chi connectivity index (χ0) is 13.0. The molecule has 4 saturated carbocycles. The first-order valence-electron chi connectivity index (χ1n) is 7.42. The van der Waals surface area contributed by atoms with E-state index in [4.69, 9.17) is 0 Å². The van der Waals surface area contributed by atoms with Crippen LogP contribution < -0.4 is 0 Å². The maximum Gasteiger partial charge on any atom is 0.327 e. The largest absolute Gasteiger partial charge is 0.480 e. The Morgan fingerprint density at radius 3 is 2.26 bits per heavy atom. The third-order valence-electron chi connectivity index (χ3n) is 5.76. The number of hydrogen-bond acceptors (Lipinski definition) is 2. The molecule has 4 nitrogen and oxygen atoms in total. The van der Waals surface area contributed by atoms with Crippen LogP contribution in [-0.4, -0.2) is 20.6 Å². The van der Waals surface area contributed by atoms with Crippen LogP contribution >= 0.6 is 0 Å². The fraction of sp³-hybridized carbons (Fsp3) is 0.733. The molecule has 4 heteroatoms. The van der Waals surface area contributed by atoms with Crippen LogP contribution in [0.25, 0.3) is 0 Å². The Balaban J connectivity index is 1.68. The summed E-state index contributed by atoms with van der Waals surface area (Å²) in [6.45, 7) is 0. The van der Waals surface area contributed by atoms with Crippen molar-refractivity contribution in [2.45, 2.75) is 38.1 Å². The van der Waals surface area contributed by atoms with Gasteiger partial charge < -0.3 is 9.67 Å². The lowest BCUT2D eigenvalue weighted by molar-refractivity contribution is -0.149. The van der Waals surface area contributed by atoms with Crippen LogP contribution in [0, 0.1) is 29.6 Å². The lowest BCUT2D eigenvalue weighted by Crippen LogP contribution is -2.49. The summed E-state index contributed by atoms with van der Waals surface area (Å²) in [5, 5.41) is 9.68. The molecule has 0 radical (unpaired) electrons. The second-order valence-electron chi connectivity index (χ2n) is 6.80. The Morgan fingerprint density at radius 2 is 1.79 bits per heavy atom. The summed E-state index contributed by atoms with van der Waals surface area (Å²) in [4.78, 5) is 15.8. The maximum atomic E-state index is 11.8. The smallest absolute Gasteiger partial charge is 0.327 e. The minimum absolute atomic E-state index is 0.319. The van der Waals surface area contributed by atoms with E-state index in [1.165, 1.54) is 32.1 Å². The van der Waals surface area contributed by atoms with E-state index in [1.54, 1.807) is 12.5 Å². The molecule has 4 aliphatic rings. The van der Waals surface area contributed by atoms with Gasteiger partial charge in [0.1, 0.15) is 6.04 Å². The van der Waals surface area contributed by atoms with E-state index >= 15 is 0 Å². The number of aliphatic carboxylic acids is 1. The molecule has 1 atom stereocenters. The molecule has 0 spiro atoms. The van der Waals surface area contributed by atoms with Crippen LogP contribution in [0.1, 0.15) is 38.1 Å². The zero-order valence-electron chi connectivity index (χ0n) is 11.0. The van der Waals surface area contributed by atoms with Crippen LogP contribution in [0.15, 0.2) is 18.7 Å². The monoisotopic (exact) mass is 260 g/mol. The summed E-state index contributed by atoms with van der Waals surface area (Å²) in [7, 11) is 0. The number of carbonyl (C=O) groups is 1. The Labute approximate surface area is 112 Å². The molecule has 19 heavy (non-hydrogen) atoms. The van der Waals surface area contributed by atoms with Gasteiger partial charge in [-0.3, -0.25) is 0 Å². The van der Waals surface area contributed by atoms with Crippen molar-refractivity contribution in [3.63, 3.8) is 0 Å². The molecular weight excluding hydrogens is 240 g/mol. The van der Waals surface area contributed by atoms with Gasteiger partial charge in [-0.2, -0.15) is 0 Å². The van der Waals surface area contributed by atoms with E-state index in [0.29, 0.717) is 17.8 Å². The molecule has 1 N–H and O–H groups in total. The Bertz CT molecular complexity index is 454. The first-order valence-corrected chi connectivity index (χ1v) is 7.42. The Hall–Kier alpha value is -1.32. The van der Waals surface area contributed by atoms with Crippen LogP contribution in [-0.2, 0) is 4.79 Å². The van der Waals surface area contributed by atoms with Gasteiger partial charge in [-0.25, -0.2) is 9.78 Å². The highest BCUT2D eigenvalue weighted by molar-refractivity contribution is 5.72. The number of rotatable bonds is 3. The van der Waals surface area contributed by atoms with Gasteiger partial charge in [-0.15, -0.1) is 0 Å². The van der Waals surface area contributed by atoms with Crippen molar-refractivity contribution in [3.05, 3.63) is 18.7 Å². The molecule has 1 heterocycles. The highest BCUT2D eigenvalue weighted by atomic mass is 16.4. The van der Waals surface area contributed by atoms with Gasteiger partial charge in [0, 0.05) is 12.4 Å². The van der Waals surface area contributed by atoms with Crippen molar-refractivity contribution in [1.82, 2.24) is 9.55 Å². The molecule has 0 aromatic carbocycles. The van der Waals surface area contributed by atoms with Crippen molar-refractivity contribution in [1.29, 1.82) is 0 Å². The number of carboxylic acid groups (broad SMARTS) is 1. The molecule has 4 fully saturated rings. The summed E-state index contributed by atoms with van der Waals surface area (Å²) in [5.41, 5.74) is 0. The van der Waals surface area contributed by atoms with Gasteiger partial charge in [0.05, 0.1) is 6.33 Å². The molecule has 4 bridgehead atoms. The molecule has 1 unspecified atom stereocenters. The third-order valence-corrected chi connectivity index (χ3v) is 5.76. The molecule has 0 amide bonds. The second kappa shape index (κ2) is 4.09. The van der Waals surface area contributed by atoms with Crippen molar-refractivity contribution in [2.75, 3.05) is 0 Å². The van der Waals surface area contributed by atoms with Crippen molar-refractivity contribution >= 4 is 5.97 Å². The summed E-state index contributed by atoms with van der Waals surface area (Å²) < 4.78 is 1.81. The predicted molar refractivity (Wildman–Crippen MR) is 69.4 cm³/mol. The van der Waals surface area contributed by atoms with E-state index in [0.717, 1.165) is 11.8 Å². The van der Waals surface area contributed by atoms with E-state index in [1.807, 2.05) is 10.8 Å². The van der Waals surface area contributed by atoms with Crippen LogP contribution in [0.2, 0.25) is 0 Å². The first kappa shape index (κ1) is 11.5. The molecule has 0 saturated heterocycles. The van der Waals surface area contributed by atoms with E-state index in [2.05, 4.69) is 4.98 Å². The highest BCUT2D eigenvalue weighted by Gasteiger charge is 2.52. The van der Waals surface area contributed by atoms with Gasteiger partial charge in [-0.1, -0.05) is 0 Å². The Kier molecular flexibility index (Phi) is 2.47. The minimum atomic E-state index is -0.685. The average molecular weight is 260 g/mol. The molecule has 0 aliphatic heterocycles. The van der Waals surface area contributed by atoms with Crippen LogP contribution in [0.4, 0.5) is 0 Å². The quantitative estimate of drug-likeness (QED) is 0.908. The third kappa shape index (κ3) is 1.72. The fourth-order valence-corrected chi connectivity index (χ4v) is 5.41. The summed E-state index contributed by atoms with van der Waals surface area (Å²) in [6.07, 6.45) is 11.6. The summed E-state index contributed by atoms with van der Waals surface area (Å²) in [5.74, 6) is 2.65.